The molecule has 2 heterocycles. The van der Waals surface area contributed by atoms with Crippen molar-refractivity contribution in [3.8, 4) is 6.07 Å². The molecule has 0 aliphatic carbocycles. The maximum atomic E-state index is 8.87. The molecule has 0 spiro atoms. The number of hydrogen-bond donors (Lipinski definition) is 0. The molecule has 0 N–H and O–H groups in total. The number of thiazole rings is 1. The Kier molecular flexibility index (Phi) is 6.57. The molecule has 25 heavy (non-hydrogen) atoms. The zero-order valence-electron chi connectivity index (χ0n) is 14.9. The van der Waals surface area contributed by atoms with Gasteiger partial charge in [0, 0.05) is 44.6 Å². The lowest BCUT2D eigenvalue weighted by molar-refractivity contribution is 0.121. The molecule has 1 aliphatic heterocycles. The molecule has 1 aromatic heterocycles. The minimum atomic E-state index is 0.732. The average Bonchev–Trinajstić information content (AvgIpc) is 3.09. The van der Waals surface area contributed by atoms with Crippen LogP contribution in [0.15, 0.2) is 29.6 Å². The quantitative estimate of drug-likeness (QED) is 0.761. The Morgan fingerprint density at radius 1 is 1.08 bits per heavy atom. The first-order chi connectivity index (χ1) is 12.3. The SMILES string of the molecule is CCCCc1nc(CN2CCN(Cc3ccc(C#N)cc3)CC2)cs1. The predicted molar refractivity (Wildman–Crippen MR) is 102 cm³/mol. The maximum absolute atomic E-state index is 8.87. The summed E-state index contributed by atoms with van der Waals surface area (Å²) in [4.78, 5) is 9.78. The van der Waals surface area contributed by atoms with Crippen molar-refractivity contribution in [1.29, 1.82) is 5.26 Å². The van der Waals surface area contributed by atoms with Gasteiger partial charge in [-0.2, -0.15) is 5.26 Å². The van der Waals surface area contributed by atoms with Gasteiger partial charge in [0.25, 0.3) is 0 Å². The second-order valence-electron chi connectivity index (χ2n) is 6.70. The molecule has 0 bridgehead atoms. The third-order valence-electron chi connectivity index (χ3n) is 4.68. The molecule has 0 amide bonds. The number of unbranched alkanes of at least 4 members (excludes halogenated alkanes) is 1. The van der Waals surface area contributed by atoms with E-state index in [2.05, 4.69) is 40.3 Å². The van der Waals surface area contributed by atoms with Crippen LogP contribution in [-0.4, -0.2) is 41.0 Å². The minimum Gasteiger partial charge on any atom is -0.297 e. The first-order valence-corrected chi connectivity index (χ1v) is 10.0. The highest BCUT2D eigenvalue weighted by Crippen LogP contribution is 2.16. The smallest absolute Gasteiger partial charge is 0.0991 e. The molecule has 1 aliphatic rings. The molecular weight excluding hydrogens is 328 g/mol. The number of piperazine rings is 1. The predicted octanol–water partition coefficient (Wildman–Crippen LogP) is 3.68. The van der Waals surface area contributed by atoms with Crippen molar-refractivity contribution in [2.24, 2.45) is 0 Å². The molecule has 132 valence electrons. The fourth-order valence-corrected chi connectivity index (χ4v) is 3.97. The van der Waals surface area contributed by atoms with Crippen LogP contribution in [0.3, 0.4) is 0 Å². The largest absolute Gasteiger partial charge is 0.297 e. The summed E-state index contributed by atoms with van der Waals surface area (Å²) >= 11 is 1.81. The summed E-state index contributed by atoms with van der Waals surface area (Å²) in [6, 6.07) is 10.1. The van der Waals surface area contributed by atoms with Crippen molar-refractivity contribution in [2.45, 2.75) is 39.3 Å². The van der Waals surface area contributed by atoms with E-state index in [-0.39, 0.29) is 0 Å². The van der Waals surface area contributed by atoms with Crippen LogP contribution in [-0.2, 0) is 19.5 Å². The maximum Gasteiger partial charge on any atom is 0.0991 e. The van der Waals surface area contributed by atoms with Crippen LogP contribution >= 0.6 is 11.3 Å². The van der Waals surface area contributed by atoms with E-state index in [1.54, 1.807) is 0 Å². The fourth-order valence-electron chi connectivity index (χ4n) is 3.14. The monoisotopic (exact) mass is 354 g/mol. The van der Waals surface area contributed by atoms with Gasteiger partial charge in [0.2, 0.25) is 0 Å². The Bertz CT molecular complexity index is 693. The van der Waals surface area contributed by atoms with Crippen molar-refractivity contribution >= 4 is 11.3 Å². The number of aryl methyl sites for hydroxylation is 1. The summed E-state index contributed by atoms with van der Waals surface area (Å²) in [6.45, 7) is 8.55. The van der Waals surface area contributed by atoms with Crippen LogP contribution < -0.4 is 0 Å². The molecule has 0 saturated carbocycles. The molecule has 0 unspecified atom stereocenters. The van der Waals surface area contributed by atoms with Crippen LogP contribution in [0.25, 0.3) is 0 Å². The Balaban J connectivity index is 1.43. The van der Waals surface area contributed by atoms with Gasteiger partial charge in [0.05, 0.1) is 22.3 Å². The highest BCUT2D eigenvalue weighted by atomic mass is 32.1. The van der Waals surface area contributed by atoms with Crippen molar-refractivity contribution in [2.75, 3.05) is 26.2 Å². The normalized spacial score (nSPS) is 16.0. The molecule has 1 fully saturated rings. The summed E-state index contributed by atoms with van der Waals surface area (Å²) in [6.07, 6.45) is 3.59. The van der Waals surface area contributed by atoms with Gasteiger partial charge in [-0.05, 0) is 30.5 Å². The third-order valence-corrected chi connectivity index (χ3v) is 5.64. The number of nitrogens with zero attached hydrogens (tertiary/aromatic N) is 4. The van der Waals surface area contributed by atoms with Crippen LogP contribution in [0.4, 0.5) is 0 Å². The standard InChI is InChI=1S/C20H26N4S/c1-2-3-4-20-22-19(16-25-20)15-24-11-9-23(10-12-24)14-18-7-5-17(13-21)6-8-18/h5-8,16H,2-4,9-12,14-15H2,1H3. The lowest BCUT2D eigenvalue weighted by Gasteiger charge is -2.34. The Hall–Kier alpha value is -1.74. The van der Waals surface area contributed by atoms with E-state index in [1.807, 2.05) is 23.5 Å². The fraction of sp³-hybridized carbons (Fsp3) is 0.500. The zero-order chi connectivity index (χ0) is 17.5. The number of nitriles is 1. The van der Waals surface area contributed by atoms with E-state index in [0.717, 1.165) is 51.3 Å². The van der Waals surface area contributed by atoms with Gasteiger partial charge in [-0.1, -0.05) is 25.5 Å². The van der Waals surface area contributed by atoms with E-state index in [9.17, 15) is 0 Å². The second kappa shape index (κ2) is 9.10. The molecule has 2 aromatic rings. The van der Waals surface area contributed by atoms with Gasteiger partial charge >= 0.3 is 0 Å². The van der Waals surface area contributed by atoms with Crippen molar-refractivity contribution in [3.63, 3.8) is 0 Å². The number of rotatable bonds is 7. The Labute approximate surface area is 154 Å². The Morgan fingerprint density at radius 3 is 2.40 bits per heavy atom. The molecule has 0 radical (unpaired) electrons. The van der Waals surface area contributed by atoms with Gasteiger partial charge in [-0.15, -0.1) is 11.3 Å². The van der Waals surface area contributed by atoms with E-state index in [4.69, 9.17) is 10.2 Å². The zero-order valence-corrected chi connectivity index (χ0v) is 15.8. The van der Waals surface area contributed by atoms with Gasteiger partial charge in [0.1, 0.15) is 0 Å². The summed E-state index contributed by atoms with van der Waals surface area (Å²) < 4.78 is 0. The minimum absolute atomic E-state index is 0.732. The van der Waals surface area contributed by atoms with Gasteiger partial charge < -0.3 is 0 Å². The molecule has 3 rings (SSSR count). The lowest BCUT2D eigenvalue weighted by Crippen LogP contribution is -2.45. The summed E-state index contributed by atoms with van der Waals surface area (Å²) in [5.41, 5.74) is 3.25. The summed E-state index contributed by atoms with van der Waals surface area (Å²) in [5.74, 6) is 0. The highest BCUT2D eigenvalue weighted by molar-refractivity contribution is 7.09. The topological polar surface area (TPSA) is 43.2 Å². The lowest BCUT2D eigenvalue weighted by atomic mass is 10.1. The first kappa shape index (κ1) is 18.1. The van der Waals surface area contributed by atoms with E-state index >= 15 is 0 Å². The second-order valence-corrected chi connectivity index (χ2v) is 7.64. The third kappa shape index (κ3) is 5.37. The number of aromatic nitrogens is 1. The molecular formula is C20H26N4S. The van der Waals surface area contributed by atoms with Crippen LogP contribution in [0.2, 0.25) is 0 Å². The summed E-state index contributed by atoms with van der Waals surface area (Å²) in [7, 11) is 0. The highest BCUT2D eigenvalue weighted by Gasteiger charge is 2.18. The van der Waals surface area contributed by atoms with Gasteiger partial charge in [-0.25, -0.2) is 4.98 Å². The van der Waals surface area contributed by atoms with Crippen LogP contribution in [0.5, 0.6) is 0 Å². The molecule has 5 heteroatoms. The molecule has 0 atom stereocenters. The van der Waals surface area contributed by atoms with Crippen LogP contribution in [0.1, 0.15) is 41.6 Å². The molecule has 1 saturated heterocycles. The van der Waals surface area contributed by atoms with E-state index in [1.165, 1.54) is 29.1 Å². The van der Waals surface area contributed by atoms with Gasteiger partial charge in [-0.3, -0.25) is 9.80 Å². The number of benzene rings is 1. The van der Waals surface area contributed by atoms with E-state index in [0.29, 0.717) is 0 Å². The van der Waals surface area contributed by atoms with E-state index < -0.39 is 0 Å². The average molecular weight is 355 g/mol. The number of hydrogen-bond acceptors (Lipinski definition) is 5. The van der Waals surface area contributed by atoms with Crippen molar-refractivity contribution in [3.05, 3.63) is 51.5 Å². The van der Waals surface area contributed by atoms with Gasteiger partial charge in [0.15, 0.2) is 0 Å². The van der Waals surface area contributed by atoms with Crippen molar-refractivity contribution < 1.29 is 0 Å². The summed E-state index contributed by atoms with van der Waals surface area (Å²) in [5, 5.41) is 12.4. The van der Waals surface area contributed by atoms with Crippen molar-refractivity contribution in [1.82, 2.24) is 14.8 Å². The Morgan fingerprint density at radius 2 is 1.76 bits per heavy atom. The first-order valence-electron chi connectivity index (χ1n) is 9.14. The molecule has 4 nitrogen and oxygen atoms in total. The molecule has 1 aromatic carbocycles. The van der Waals surface area contributed by atoms with Crippen LogP contribution in [0, 0.1) is 11.3 Å².